The van der Waals surface area contributed by atoms with E-state index < -0.39 is 0 Å². The number of hydrogen-bond acceptors (Lipinski definition) is 4. The molecule has 0 atom stereocenters. The first-order valence-corrected chi connectivity index (χ1v) is 15.1. The number of benzene rings is 2. The summed E-state index contributed by atoms with van der Waals surface area (Å²) in [4.78, 5) is 12.0. The Morgan fingerprint density at radius 3 is 1.67 bits per heavy atom. The van der Waals surface area contributed by atoms with E-state index in [0.29, 0.717) is 5.56 Å². The Kier molecular flexibility index (Phi) is 10.8. The Morgan fingerprint density at radius 2 is 1.19 bits per heavy atom. The smallest absolute Gasteiger partial charge is 0.0991 e. The van der Waals surface area contributed by atoms with Crippen molar-refractivity contribution in [3.8, 4) is 17.2 Å². The number of pyridine rings is 2. The SMILES string of the molecule is CCCCN(CCCC)c1ccc(/C=C/c2ncc(-c3cnc(/C=C/c4ccc(C#N)cc4)c(C)c3)cc2C)cc1C. The van der Waals surface area contributed by atoms with E-state index in [-0.39, 0.29) is 0 Å². The molecule has 4 nitrogen and oxygen atoms in total. The molecule has 4 heteroatoms. The lowest BCUT2D eigenvalue weighted by Crippen LogP contribution is -2.26. The molecule has 0 radical (unpaired) electrons. The second kappa shape index (κ2) is 14.9. The molecule has 214 valence electrons. The minimum atomic E-state index is 0.660. The first-order valence-electron chi connectivity index (χ1n) is 15.1. The molecule has 0 spiro atoms. The van der Waals surface area contributed by atoms with Crippen molar-refractivity contribution in [2.45, 2.75) is 60.3 Å². The fraction of sp³-hybridized carbons (Fsp3) is 0.289. The van der Waals surface area contributed by atoms with E-state index in [1.165, 1.54) is 42.5 Å². The lowest BCUT2D eigenvalue weighted by atomic mass is 10.0. The second-order valence-corrected chi connectivity index (χ2v) is 11.0. The maximum Gasteiger partial charge on any atom is 0.0991 e. The van der Waals surface area contributed by atoms with Gasteiger partial charge in [0, 0.05) is 42.3 Å². The van der Waals surface area contributed by atoms with Crippen molar-refractivity contribution in [3.63, 3.8) is 0 Å². The standard InChI is InChI=1S/C38H42N4/c1-6-8-20-42(21-9-7-2)38-19-16-32(22-30(38)5)15-18-37-29(4)24-35(27-41-37)34-23-28(3)36(40-26-34)17-14-31-10-12-33(25-39)13-11-31/h10-19,22-24,26-27H,6-9,20-21H2,1-5H3/b17-14+,18-15+. The van der Waals surface area contributed by atoms with Crippen LogP contribution in [0.25, 0.3) is 35.4 Å². The summed E-state index contributed by atoms with van der Waals surface area (Å²) >= 11 is 0. The van der Waals surface area contributed by atoms with Gasteiger partial charge in [0.1, 0.15) is 0 Å². The largest absolute Gasteiger partial charge is 0.371 e. The average Bonchev–Trinajstić information content (AvgIpc) is 3.00. The Morgan fingerprint density at radius 1 is 0.667 bits per heavy atom. The Labute approximate surface area is 252 Å². The van der Waals surface area contributed by atoms with Crippen molar-refractivity contribution in [1.29, 1.82) is 5.26 Å². The van der Waals surface area contributed by atoms with E-state index in [4.69, 9.17) is 15.2 Å². The Hall–Kier alpha value is -4.49. The number of anilines is 1. The van der Waals surface area contributed by atoms with Crippen LogP contribution in [0.1, 0.15) is 84.3 Å². The second-order valence-electron chi connectivity index (χ2n) is 11.0. The van der Waals surface area contributed by atoms with Crippen LogP contribution < -0.4 is 4.90 Å². The minimum Gasteiger partial charge on any atom is -0.371 e. The van der Waals surface area contributed by atoms with Gasteiger partial charge in [-0.1, -0.05) is 57.0 Å². The van der Waals surface area contributed by atoms with Crippen LogP contribution in [-0.4, -0.2) is 23.1 Å². The highest BCUT2D eigenvalue weighted by atomic mass is 15.1. The molecule has 2 aromatic carbocycles. The number of aryl methyl sites for hydroxylation is 3. The van der Waals surface area contributed by atoms with Gasteiger partial charge in [0.25, 0.3) is 0 Å². The van der Waals surface area contributed by atoms with Crippen LogP contribution in [-0.2, 0) is 0 Å². The number of aromatic nitrogens is 2. The van der Waals surface area contributed by atoms with Crippen molar-refractivity contribution in [2.75, 3.05) is 18.0 Å². The molecule has 0 unspecified atom stereocenters. The monoisotopic (exact) mass is 554 g/mol. The van der Waals surface area contributed by atoms with Gasteiger partial charge in [-0.3, -0.25) is 9.97 Å². The molecule has 0 amide bonds. The quantitative estimate of drug-likeness (QED) is 0.175. The molecule has 2 aromatic heterocycles. The van der Waals surface area contributed by atoms with E-state index in [2.05, 4.69) is 88.1 Å². The molecule has 0 aliphatic carbocycles. The molecule has 0 aliphatic heterocycles. The fourth-order valence-corrected chi connectivity index (χ4v) is 5.04. The van der Waals surface area contributed by atoms with Crippen LogP contribution >= 0.6 is 0 Å². The number of unbranched alkanes of at least 4 members (excludes halogenated alkanes) is 2. The van der Waals surface area contributed by atoms with Crippen molar-refractivity contribution >= 4 is 30.0 Å². The molecule has 0 N–H and O–H groups in total. The fourth-order valence-electron chi connectivity index (χ4n) is 5.04. The average molecular weight is 555 g/mol. The zero-order valence-corrected chi connectivity index (χ0v) is 25.7. The predicted molar refractivity (Wildman–Crippen MR) is 179 cm³/mol. The van der Waals surface area contributed by atoms with Crippen molar-refractivity contribution in [1.82, 2.24) is 9.97 Å². The third-order valence-electron chi connectivity index (χ3n) is 7.60. The highest BCUT2D eigenvalue weighted by Crippen LogP contribution is 2.26. The third kappa shape index (κ3) is 8.04. The first kappa shape index (κ1) is 30.5. The van der Waals surface area contributed by atoms with Crippen LogP contribution in [0, 0.1) is 32.1 Å². The number of rotatable bonds is 12. The number of hydrogen-bond donors (Lipinski definition) is 0. The van der Waals surface area contributed by atoms with Gasteiger partial charge in [0.15, 0.2) is 0 Å². The molecule has 0 fully saturated rings. The molecule has 4 aromatic rings. The molecule has 0 saturated carbocycles. The van der Waals surface area contributed by atoms with Gasteiger partial charge in [0.2, 0.25) is 0 Å². The highest BCUT2D eigenvalue weighted by molar-refractivity contribution is 5.74. The van der Waals surface area contributed by atoms with Crippen molar-refractivity contribution < 1.29 is 0 Å². The van der Waals surface area contributed by atoms with Crippen LogP contribution in [0.5, 0.6) is 0 Å². The number of nitrogens with zero attached hydrogens (tertiary/aromatic N) is 4. The topological polar surface area (TPSA) is 52.8 Å². The van der Waals surface area contributed by atoms with Crippen molar-refractivity contribution in [2.24, 2.45) is 0 Å². The molecule has 0 bridgehead atoms. The number of nitriles is 1. The van der Waals surface area contributed by atoms with Gasteiger partial charge in [-0.25, -0.2) is 0 Å². The molecule has 0 aliphatic rings. The predicted octanol–water partition coefficient (Wildman–Crippen LogP) is 9.69. The molecule has 0 saturated heterocycles. The zero-order chi connectivity index (χ0) is 29.9. The van der Waals surface area contributed by atoms with Crippen molar-refractivity contribution in [3.05, 3.63) is 112 Å². The van der Waals surface area contributed by atoms with E-state index in [0.717, 1.165) is 52.3 Å². The van der Waals surface area contributed by atoms with Gasteiger partial charge in [-0.2, -0.15) is 5.26 Å². The molecule has 4 rings (SSSR count). The van der Waals surface area contributed by atoms with E-state index in [9.17, 15) is 0 Å². The molecular weight excluding hydrogens is 512 g/mol. The summed E-state index contributed by atoms with van der Waals surface area (Å²) in [5, 5.41) is 8.98. The van der Waals surface area contributed by atoms with E-state index in [1.807, 2.05) is 48.8 Å². The van der Waals surface area contributed by atoms with Gasteiger partial charge in [-0.05, 0) is 110 Å². The zero-order valence-electron chi connectivity index (χ0n) is 25.7. The summed E-state index contributed by atoms with van der Waals surface area (Å²) in [5.41, 5.74) is 11.8. The van der Waals surface area contributed by atoms with Gasteiger partial charge >= 0.3 is 0 Å². The lowest BCUT2D eigenvalue weighted by molar-refractivity contribution is 0.676. The molecule has 2 heterocycles. The lowest BCUT2D eigenvalue weighted by Gasteiger charge is -2.26. The van der Waals surface area contributed by atoms with Crippen LogP contribution in [0.3, 0.4) is 0 Å². The molecule has 42 heavy (non-hydrogen) atoms. The normalized spacial score (nSPS) is 11.3. The Balaban J connectivity index is 1.46. The Bertz CT molecular complexity index is 1580. The maximum absolute atomic E-state index is 8.98. The van der Waals surface area contributed by atoms with E-state index >= 15 is 0 Å². The van der Waals surface area contributed by atoms with Crippen LogP contribution in [0.15, 0.2) is 67.0 Å². The first-order chi connectivity index (χ1) is 20.4. The van der Waals surface area contributed by atoms with Gasteiger partial charge in [0.05, 0.1) is 23.0 Å². The summed E-state index contributed by atoms with van der Waals surface area (Å²) in [6, 6.07) is 20.8. The third-order valence-corrected chi connectivity index (χ3v) is 7.60. The summed E-state index contributed by atoms with van der Waals surface area (Å²) in [5.74, 6) is 0. The summed E-state index contributed by atoms with van der Waals surface area (Å²) in [7, 11) is 0. The summed E-state index contributed by atoms with van der Waals surface area (Å²) < 4.78 is 0. The maximum atomic E-state index is 8.98. The van der Waals surface area contributed by atoms with Gasteiger partial charge in [-0.15, -0.1) is 0 Å². The summed E-state index contributed by atoms with van der Waals surface area (Å²) in [6.45, 7) is 13.2. The minimum absolute atomic E-state index is 0.660. The van der Waals surface area contributed by atoms with Gasteiger partial charge < -0.3 is 4.90 Å². The van der Waals surface area contributed by atoms with Crippen LogP contribution in [0.2, 0.25) is 0 Å². The highest BCUT2D eigenvalue weighted by Gasteiger charge is 2.09. The molecular formula is C38H42N4. The van der Waals surface area contributed by atoms with Crippen LogP contribution in [0.4, 0.5) is 5.69 Å². The summed E-state index contributed by atoms with van der Waals surface area (Å²) in [6.07, 6.45) is 17.0. The van der Waals surface area contributed by atoms with E-state index in [1.54, 1.807) is 0 Å².